The first kappa shape index (κ1) is 9.91. The van der Waals surface area contributed by atoms with Crippen LogP contribution in [0, 0.1) is 0 Å². The van der Waals surface area contributed by atoms with Crippen LogP contribution >= 0.6 is 0 Å². The van der Waals surface area contributed by atoms with Crippen LogP contribution in [0.4, 0.5) is 4.79 Å². The average Bonchev–Trinajstić information content (AvgIpc) is 1.38. The summed E-state index contributed by atoms with van der Waals surface area (Å²) in [5.74, 6) is 0. The molecule has 6 heavy (non-hydrogen) atoms. The number of carbonyl (C=O) groups is 1. The number of amides is 1. The molecule has 28 valence electrons. The van der Waals surface area contributed by atoms with Crippen molar-refractivity contribution in [2.45, 2.75) is 0 Å². The molecule has 0 aliphatic rings. The summed E-state index contributed by atoms with van der Waals surface area (Å²) in [5, 5.41) is 9.03. The van der Waals surface area contributed by atoms with E-state index < -0.39 is 6.09 Å². The first-order valence-corrected chi connectivity index (χ1v) is 0.948. The van der Waals surface area contributed by atoms with E-state index in [1.165, 1.54) is 0 Å². The molecular weight excluding hydrogens is 109 g/mol. The maximum atomic E-state index is 9.03. The molecule has 0 aromatic heterocycles. The van der Waals surface area contributed by atoms with E-state index in [4.69, 9.17) is 9.90 Å². The minimum absolute atomic E-state index is 0. The van der Waals surface area contributed by atoms with Crippen molar-refractivity contribution in [3.63, 3.8) is 0 Å². The van der Waals surface area contributed by atoms with E-state index in [9.17, 15) is 0 Å². The quantitative estimate of drug-likeness (QED) is 0.236. The van der Waals surface area contributed by atoms with Crippen LogP contribution in [0.5, 0.6) is 0 Å². The molecule has 0 fully saturated rings. The minimum atomic E-state index is -1.48. The standard InChI is InChI=1S/C2H3NO2.K/c1-3-2(4)5;/h1H2,(H,4,5);/q;+1/p-1. The number of carboxylic acid groups (broad SMARTS) is 1. The molecule has 0 heterocycles. The van der Waals surface area contributed by atoms with Gasteiger partial charge in [-0.05, 0) is 6.72 Å². The third kappa shape index (κ3) is 8.84. The summed E-state index contributed by atoms with van der Waals surface area (Å²) in [6, 6.07) is 0. The van der Waals surface area contributed by atoms with Gasteiger partial charge in [-0.3, -0.25) is 0 Å². The summed E-state index contributed by atoms with van der Waals surface area (Å²) in [6.07, 6.45) is -1.48. The fourth-order valence-corrected chi connectivity index (χ4v) is 0. The Bertz CT molecular complexity index is 62.6. The Morgan fingerprint density at radius 1 is 1.83 bits per heavy atom. The number of nitrogens with zero attached hydrogens (tertiary/aromatic N) is 1. The van der Waals surface area contributed by atoms with Gasteiger partial charge in [-0.2, -0.15) is 0 Å². The van der Waals surface area contributed by atoms with Crippen LogP contribution in [0.25, 0.3) is 0 Å². The maximum Gasteiger partial charge on any atom is 1.00 e. The molecule has 0 bridgehead atoms. The largest absolute Gasteiger partial charge is 1.00 e. The third-order valence-electron chi connectivity index (χ3n) is 0.129. The molecule has 0 saturated carbocycles. The van der Waals surface area contributed by atoms with Gasteiger partial charge in [-0.25, -0.2) is 4.99 Å². The molecule has 0 atom stereocenters. The number of aliphatic imine (C=N–C) groups is 1. The third-order valence-corrected chi connectivity index (χ3v) is 0.129. The van der Waals surface area contributed by atoms with Gasteiger partial charge in [0.05, 0.1) is 0 Å². The van der Waals surface area contributed by atoms with Crippen molar-refractivity contribution in [2.75, 3.05) is 0 Å². The zero-order valence-electron chi connectivity index (χ0n) is 3.47. The molecule has 0 radical (unpaired) electrons. The van der Waals surface area contributed by atoms with Crippen molar-refractivity contribution < 1.29 is 61.3 Å². The summed E-state index contributed by atoms with van der Waals surface area (Å²) >= 11 is 0. The summed E-state index contributed by atoms with van der Waals surface area (Å²) in [5.41, 5.74) is 0. The van der Waals surface area contributed by atoms with E-state index >= 15 is 0 Å². The van der Waals surface area contributed by atoms with Gasteiger partial charge in [0.25, 0.3) is 0 Å². The first-order chi connectivity index (χ1) is 2.27. The van der Waals surface area contributed by atoms with E-state index in [1.54, 1.807) is 0 Å². The van der Waals surface area contributed by atoms with E-state index in [0.717, 1.165) is 0 Å². The summed E-state index contributed by atoms with van der Waals surface area (Å²) in [4.78, 5) is 11.5. The molecule has 4 heteroatoms. The summed E-state index contributed by atoms with van der Waals surface area (Å²) in [6.45, 7) is 2.65. The van der Waals surface area contributed by atoms with Gasteiger partial charge in [0, 0.05) is 0 Å². The van der Waals surface area contributed by atoms with Crippen LogP contribution < -0.4 is 56.5 Å². The molecule has 0 spiro atoms. The average molecular weight is 111 g/mol. The molecule has 3 nitrogen and oxygen atoms in total. The zero-order chi connectivity index (χ0) is 4.28. The van der Waals surface area contributed by atoms with Gasteiger partial charge < -0.3 is 9.90 Å². The van der Waals surface area contributed by atoms with Gasteiger partial charge in [-0.15, -0.1) is 0 Å². The SMILES string of the molecule is C=NC(=O)[O-].[K+]. The topological polar surface area (TPSA) is 52.5 Å². The van der Waals surface area contributed by atoms with Crippen molar-refractivity contribution in [3.05, 3.63) is 0 Å². The van der Waals surface area contributed by atoms with Crippen molar-refractivity contribution in [1.29, 1.82) is 0 Å². The van der Waals surface area contributed by atoms with Crippen LogP contribution in [0.1, 0.15) is 0 Å². The summed E-state index contributed by atoms with van der Waals surface area (Å²) < 4.78 is 0. The molecule has 0 aromatic rings. The molecule has 0 unspecified atom stereocenters. The smallest absolute Gasteiger partial charge is 0.528 e. The molecule has 0 rings (SSSR count). The van der Waals surface area contributed by atoms with Gasteiger partial charge in [0.15, 0.2) is 6.09 Å². The second kappa shape index (κ2) is 5.78. The van der Waals surface area contributed by atoms with E-state index in [2.05, 4.69) is 11.7 Å². The Kier molecular flexibility index (Phi) is 9.54. The van der Waals surface area contributed by atoms with Gasteiger partial charge >= 0.3 is 51.4 Å². The Morgan fingerprint density at radius 3 is 2.00 bits per heavy atom. The van der Waals surface area contributed by atoms with Crippen molar-refractivity contribution in [2.24, 2.45) is 4.99 Å². The second-order valence-electron chi connectivity index (χ2n) is 0.424. The van der Waals surface area contributed by atoms with Crippen LogP contribution in [-0.4, -0.2) is 12.8 Å². The molecule has 0 N–H and O–H groups in total. The first-order valence-electron chi connectivity index (χ1n) is 0.948. The van der Waals surface area contributed by atoms with E-state index in [-0.39, 0.29) is 51.4 Å². The predicted molar refractivity (Wildman–Crippen MR) is 14.9 cm³/mol. The molecule has 0 aromatic carbocycles. The van der Waals surface area contributed by atoms with Gasteiger partial charge in [-0.1, -0.05) is 0 Å². The van der Waals surface area contributed by atoms with Crippen molar-refractivity contribution >= 4 is 12.8 Å². The fraction of sp³-hybridized carbons (Fsp3) is 0. The fourth-order valence-electron chi connectivity index (χ4n) is 0. The molecule has 1 amide bonds. The molecule has 0 aliphatic heterocycles. The van der Waals surface area contributed by atoms with Crippen molar-refractivity contribution in [1.82, 2.24) is 0 Å². The van der Waals surface area contributed by atoms with Crippen LogP contribution in [0.3, 0.4) is 0 Å². The molecule has 0 saturated heterocycles. The zero-order valence-corrected chi connectivity index (χ0v) is 6.59. The Balaban J connectivity index is 0. The van der Waals surface area contributed by atoms with Gasteiger partial charge in [0.1, 0.15) is 0 Å². The monoisotopic (exact) mass is 111 g/mol. The van der Waals surface area contributed by atoms with Gasteiger partial charge in [0.2, 0.25) is 0 Å². The van der Waals surface area contributed by atoms with Crippen LogP contribution in [0.15, 0.2) is 4.99 Å². The Morgan fingerprint density at radius 2 is 2.00 bits per heavy atom. The number of hydrogen-bond donors (Lipinski definition) is 0. The van der Waals surface area contributed by atoms with E-state index in [0.29, 0.717) is 0 Å². The Hall–Kier alpha value is 0.776. The maximum absolute atomic E-state index is 9.03. The second-order valence-corrected chi connectivity index (χ2v) is 0.424. The predicted octanol–water partition coefficient (Wildman–Crippen LogP) is -3.97. The molecule has 0 aliphatic carbocycles. The van der Waals surface area contributed by atoms with Crippen LogP contribution in [0.2, 0.25) is 0 Å². The number of rotatable bonds is 0. The minimum Gasteiger partial charge on any atom is -0.528 e. The molecular formula is C2H2KNO2. The normalized spacial score (nSPS) is 5.33. The number of hydrogen-bond acceptors (Lipinski definition) is 2. The Labute approximate surface area is 77.9 Å². The van der Waals surface area contributed by atoms with Crippen molar-refractivity contribution in [3.8, 4) is 0 Å². The van der Waals surface area contributed by atoms with Crippen LogP contribution in [-0.2, 0) is 0 Å². The summed E-state index contributed by atoms with van der Waals surface area (Å²) in [7, 11) is 0. The van der Waals surface area contributed by atoms with E-state index in [1.807, 2.05) is 0 Å². The number of carbonyl (C=O) groups excluding carboxylic acids is 1.